The summed E-state index contributed by atoms with van der Waals surface area (Å²) in [5.74, 6) is -0.452. The second-order valence-electron chi connectivity index (χ2n) is 10.1. The molecule has 3 aromatic rings. The van der Waals surface area contributed by atoms with Crippen molar-refractivity contribution in [3.8, 4) is 0 Å². The van der Waals surface area contributed by atoms with Crippen molar-refractivity contribution in [2.45, 2.75) is 96.3 Å². The molecule has 39 heavy (non-hydrogen) atoms. The average Bonchev–Trinajstić information content (AvgIpc) is 2.97. The van der Waals surface area contributed by atoms with E-state index in [2.05, 4.69) is 38.2 Å². The molecule has 0 unspecified atom stereocenters. The number of nitrogens with one attached hydrogen (secondary N) is 1. The van der Waals surface area contributed by atoms with E-state index in [0.29, 0.717) is 5.56 Å². The van der Waals surface area contributed by atoms with E-state index >= 15 is 0 Å². The summed E-state index contributed by atoms with van der Waals surface area (Å²) < 4.78 is 0.857. The highest BCUT2D eigenvalue weighted by Gasteiger charge is 2.23. The van der Waals surface area contributed by atoms with Crippen molar-refractivity contribution in [2.24, 2.45) is 5.10 Å². The third kappa shape index (κ3) is 11.4. The fourth-order valence-corrected chi connectivity index (χ4v) is 5.21. The predicted octanol–water partition coefficient (Wildman–Crippen LogP) is 9.25. The molecule has 0 aliphatic heterocycles. The zero-order valence-electron chi connectivity index (χ0n) is 23.3. The molecule has 1 N–H and O–H groups in total. The largest absolute Gasteiger partial charge is 0.271 e. The molecular formula is C33H43BrN4O. The molecule has 1 amide bonds. The Morgan fingerprint density at radius 3 is 1.85 bits per heavy atom. The zero-order valence-corrected chi connectivity index (χ0v) is 24.9. The monoisotopic (exact) mass is 590 g/mol. The van der Waals surface area contributed by atoms with Gasteiger partial charge in [0.25, 0.3) is 5.91 Å². The number of carbonyl (C=O) groups is 1. The number of pyridine rings is 2. The summed E-state index contributed by atoms with van der Waals surface area (Å²) in [6.45, 7) is 2.27. The van der Waals surface area contributed by atoms with E-state index in [4.69, 9.17) is 5.10 Å². The van der Waals surface area contributed by atoms with Crippen LogP contribution >= 0.6 is 15.9 Å². The van der Waals surface area contributed by atoms with Crippen LogP contribution in [0.15, 0.2) is 82.6 Å². The molecule has 2 aromatic heterocycles. The van der Waals surface area contributed by atoms with Crippen molar-refractivity contribution in [1.82, 2.24) is 15.4 Å². The summed E-state index contributed by atoms with van der Waals surface area (Å²) >= 11 is 3.44. The van der Waals surface area contributed by atoms with Gasteiger partial charge < -0.3 is 0 Å². The van der Waals surface area contributed by atoms with Crippen LogP contribution in [0.3, 0.4) is 0 Å². The first-order valence-electron chi connectivity index (χ1n) is 14.6. The zero-order chi connectivity index (χ0) is 27.5. The van der Waals surface area contributed by atoms with Crippen LogP contribution in [0.5, 0.6) is 0 Å². The van der Waals surface area contributed by atoms with Crippen molar-refractivity contribution in [3.63, 3.8) is 0 Å². The molecule has 6 heteroatoms. The molecule has 0 aliphatic carbocycles. The number of amides is 1. The lowest BCUT2D eigenvalue weighted by atomic mass is 9.90. The van der Waals surface area contributed by atoms with E-state index in [9.17, 15) is 4.79 Å². The standard InChI is InChI=1S/C33H43BrN4O/c1-2-3-4-5-6-7-8-9-10-11-12-13-23-31(37-38-33(39)27-19-18-20-28(34)26-27)32(29-21-14-16-24-35-29)30-22-15-17-25-36-30/h14-22,24-26,32H,2-13,23H2,1H3,(H,38,39). The van der Waals surface area contributed by atoms with Gasteiger partial charge in [-0.05, 0) is 55.3 Å². The average molecular weight is 592 g/mol. The van der Waals surface area contributed by atoms with E-state index in [1.165, 1.54) is 64.2 Å². The Morgan fingerprint density at radius 1 is 0.769 bits per heavy atom. The van der Waals surface area contributed by atoms with Crippen molar-refractivity contribution in [3.05, 3.63) is 94.5 Å². The maximum absolute atomic E-state index is 12.9. The highest BCUT2D eigenvalue weighted by atomic mass is 79.9. The van der Waals surface area contributed by atoms with Gasteiger partial charge in [0.05, 0.1) is 23.0 Å². The minimum absolute atomic E-state index is 0.220. The molecule has 2 heterocycles. The SMILES string of the molecule is CCCCCCCCCCCCCCC(=NNC(=O)c1cccc(Br)c1)C(c1ccccn1)c1ccccn1. The fraction of sp³-hybridized carbons (Fsp3) is 0.455. The lowest BCUT2D eigenvalue weighted by Gasteiger charge is -2.19. The lowest BCUT2D eigenvalue weighted by Crippen LogP contribution is -2.24. The fourth-order valence-electron chi connectivity index (χ4n) is 4.82. The molecular weight excluding hydrogens is 548 g/mol. The molecule has 0 radical (unpaired) electrons. The second kappa shape index (κ2) is 18.4. The van der Waals surface area contributed by atoms with E-state index < -0.39 is 0 Å². The summed E-state index contributed by atoms with van der Waals surface area (Å²) in [6.07, 6.45) is 19.9. The van der Waals surface area contributed by atoms with Gasteiger partial charge in [-0.1, -0.05) is 112 Å². The van der Waals surface area contributed by atoms with Crippen LogP contribution in [0.2, 0.25) is 0 Å². The van der Waals surface area contributed by atoms with Crippen LogP contribution in [-0.2, 0) is 0 Å². The molecule has 0 atom stereocenters. The highest BCUT2D eigenvalue weighted by molar-refractivity contribution is 9.10. The molecule has 0 bridgehead atoms. The Labute approximate surface area is 243 Å². The van der Waals surface area contributed by atoms with Gasteiger partial charge in [0, 0.05) is 22.4 Å². The van der Waals surface area contributed by atoms with Crippen molar-refractivity contribution < 1.29 is 4.79 Å². The minimum atomic E-state index is -0.232. The molecule has 1 aromatic carbocycles. The smallest absolute Gasteiger partial charge is 0.267 e. The molecule has 3 rings (SSSR count). The number of nitrogens with zero attached hydrogens (tertiary/aromatic N) is 3. The third-order valence-electron chi connectivity index (χ3n) is 6.97. The minimum Gasteiger partial charge on any atom is -0.267 e. The van der Waals surface area contributed by atoms with Gasteiger partial charge in [-0.15, -0.1) is 0 Å². The Hall–Kier alpha value is -2.86. The van der Waals surface area contributed by atoms with E-state index in [1.807, 2.05) is 48.5 Å². The second-order valence-corrected chi connectivity index (χ2v) is 11.1. The number of hydrogen-bond donors (Lipinski definition) is 1. The van der Waals surface area contributed by atoms with Gasteiger partial charge in [-0.3, -0.25) is 14.8 Å². The summed E-state index contributed by atoms with van der Waals surface area (Å²) in [5, 5.41) is 4.69. The number of hydrogen-bond acceptors (Lipinski definition) is 4. The van der Waals surface area contributed by atoms with Crippen LogP contribution < -0.4 is 5.43 Å². The maximum Gasteiger partial charge on any atom is 0.271 e. The van der Waals surface area contributed by atoms with Crippen LogP contribution in [0, 0.1) is 0 Å². The van der Waals surface area contributed by atoms with Gasteiger partial charge in [0.1, 0.15) is 0 Å². The van der Waals surface area contributed by atoms with Crippen molar-refractivity contribution >= 4 is 27.5 Å². The maximum atomic E-state index is 12.9. The summed E-state index contributed by atoms with van der Waals surface area (Å²) in [4.78, 5) is 22.2. The van der Waals surface area contributed by atoms with Gasteiger partial charge in [0.15, 0.2) is 0 Å². The van der Waals surface area contributed by atoms with Crippen LogP contribution in [0.25, 0.3) is 0 Å². The van der Waals surface area contributed by atoms with Crippen molar-refractivity contribution in [1.29, 1.82) is 0 Å². The Balaban J connectivity index is 1.62. The van der Waals surface area contributed by atoms with Gasteiger partial charge >= 0.3 is 0 Å². The Morgan fingerprint density at radius 2 is 1.33 bits per heavy atom. The first-order chi connectivity index (χ1) is 19.2. The molecule has 5 nitrogen and oxygen atoms in total. The van der Waals surface area contributed by atoms with Gasteiger partial charge in [-0.2, -0.15) is 5.10 Å². The molecule has 0 saturated heterocycles. The van der Waals surface area contributed by atoms with E-state index in [0.717, 1.165) is 40.8 Å². The first kappa shape index (κ1) is 30.7. The van der Waals surface area contributed by atoms with Crippen LogP contribution in [0.1, 0.15) is 118 Å². The topological polar surface area (TPSA) is 67.2 Å². The number of hydrazone groups is 1. The quantitative estimate of drug-likeness (QED) is 0.0911. The van der Waals surface area contributed by atoms with Crippen LogP contribution in [-0.4, -0.2) is 21.6 Å². The van der Waals surface area contributed by atoms with Gasteiger partial charge in [0.2, 0.25) is 0 Å². The molecule has 0 saturated carbocycles. The van der Waals surface area contributed by atoms with E-state index in [1.54, 1.807) is 24.5 Å². The lowest BCUT2D eigenvalue weighted by molar-refractivity contribution is 0.0954. The number of unbranched alkanes of at least 4 members (excludes halogenated alkanes) is 11. The van der Waals surface area contributed by atoms with Gasteiger partial charge in [-0.25, -0.2) is 5.43 Å². The molecule has 0 fully saturated rings. The number of halogens is 1. The summed E-state index contributed by atoms with van der Waals surface area (Å²) in [7, 11) is 0. The molecule has 0 spiro atoms. The third-order valence-corrected chi connectivity index (χ3v) is 7.47. The Bertz CT molecular complexity index is 1080. The normalized spacial score (nSPS) is 11.6. The van der Waals surface area contributed by atoms with Crippen LogP contribution in [0.4, 0.5) is 0 Å². The highest BCUT2D eigenvalue weighted by Crippen LogP contribution is 2.26. The Kier molecular flexibility index (Phi) is 14.5. The van der Waals surface area contributed by atoms with Crippen molar-refractivity contribution in [2.75, 3.05) is 0 Å². The summed E-state index contributed by atoms with van der Waals surface area (Å²) in [6, 6.07) is 19.1. The molecule has 0 aliphatic rings. The molecule has 208 valence electrons. The number of benzene rings is 1. The first-order valence-corrected chi connectivity index (χ1v) is 15.4. The number of aromatic nitrogens is 2. The van der Waals surface area contributed by atoms with E-state index in [-0.39, 0.29) is 11.8 Å². The summed E-state index contributed by atoms with van der Waals surface area (Å²) in [5.41, 5.74) is 6.01. The predicted molar refractivity (Wildman–Crippen MR) is 165 cm³/mol. The number of carbonyl (C=O) groups excluding carboxylic acids is 1. The number of rotatable bonds is 18.